The number of nitrogens with zero attached hydrogens (tertiary/aromatic N) is 4. The number of benzene rings is 2. The minimum absolute atomic E-state index is 0.0646. The van der Waals surface area contributed by atoms with Crippen molar-refractivity contribution in [1.29, 1.82) is 5.41 Å². The molecule has 0 bridgehead atoms. The summed E-state index contributed by atoms with van der Waals surface area (Å²) in [6.07, 6.45) is 2.96. The van der Waals surface area contributed by atoms with Crippen molar-refractivity contribution in [3.8, 4) is 17.4 Å². The van der Waals surface area contributed by atoms with Gasteiger partial charge in [0.15, 0.2) is 17.3 Å². The van der Waals surface area contributed by atoms with Gasteiger partial charge in [-0.15, -0.1) is 9.78 Å². The standard InChI is InChI=1S/C23H23FN8O3.C2H4O2/c1-3-35-18-11-15(16(24)12-17(18)34-2)19(29-14-7-5-13(6-8-14)20(25)26)21-30-23(33)32(31-21)22-27-9-4-10-28-22;1-2(3)4/h4-12,19,29H,3H2,1-2H3,(H3,25,26)(H,30,31,33);1H3,(H,3,4). The summed E-state index contributed by atoms with van der Waals surface area (Å²) in [7, 11) is 1.42. The van der Waals surface area contributed by atoms with Gasteiger partial charge >= 0.3 is 5.69 Å². The lowest BCUT2D eigenvalue weighted by Gasteiger charge is -2.21. The SMILES string of the molecule is CC(=O)O.CCOc1cc(C(Nc2ccc(C(=N)N)cc2)c2nn(-c3ncccn3)c(=O)[nH]2)c(F)cc1OC. The number of H-pyrrole nitrogens is 1. The lowest BCUT2D eigenvalue weighted by Crippen LogP contribution is -2.18. The predicted molar refractivity (Wildman–Crippen MR) is 140 cm³/mol. The molecule has 1 atom stereocenters. The molecule has 2 aromatic heterocycles. The Bertz CT molecular complexity index is 1480. The minimum Gasteiger partial charge on any atom is -0.493 e. The molecule has 2 heterocycles. The maximum Gasteiger partial charge on any atom is 0.350 e. The van der Waals surface area contributed by atoms with Crippen LogP contribution in [-0.2, 0) is 4.79 Å². The van der Waals surface area contributed by atoms with Crippen LogP contribution in [0.15, 0.2) is 59.7 Å². The zero-order valence-corrected chi connectivity index (χ0v) is 21.3. The van der Waals surface area contributed by atoms with E-state index >= 15 is 4.39 Å². The third-order valence-electron chi connectivity index (χ3n) is 5.05. The second-order valence-corrected chi connectivity index (χ2v) is 7.82. The van der Waals surface area contributed by atoms with Crippen LogP contribution in [0.1, 0.15) is 36.8 Å². The molecule has 0 amide bonds. The van der Waals surface area contributed by atoms with Crippen molar-refractivity contribution in [1.82, 2.24) is 24.7 Å². The molecule has 0 fully saturated rings. The Labute approximate surface area is 222 Å². The zero-order valence-electron chi connectivity index (χ0n) is 21.3. The molecule has 204 valence electrons. The average molecular weight is 539 g/mol. The number of halogens is 1. The molecular weight excluding hydrogens is 511 g/mol. The summed E-state index contributed by atoms with van der Waals surface area (Å²) in [6, 6.07) is 10.0. The van der Waals surface area contributed by atoms with Crippen LogP contribution in [0.25, 0.3) is 5.95 Å². The van der Waals surface area contributed by atoms with Gasteiger partial charge in [0, 0.05) is 42.2 Å². The Morgan fingerprint density at radius 1 is 1.23 bits per heavy atom. The van der Waals surface area contributed by atoms with Gasteiger partial charge in [-0.3, -0.25) is 15.2 Å². The van der Waals surface area contributed by atoms with Crippen molar-refractivity contribution in [3.63, 3.8) is 0 Å². The molecule has 4 rings (SSSR count). The molecule has 13 nitrogen and oxygen atoms in total. The van der Waals surface area contributed by atoms with Gasteiger partial charge in [0.05, 0.1) is 13.7 Å². The van der Waals surface area contributed by atoms with Crippen LogP contribution in [-0.4, -0.2) is 55.4 Å². The van der Waals surface area contributed by atoms with Crippen molar-refractivity contribution in [2.45, 2.75) is 19.9 Å². The zero-order chi connectivity index (χ0) is 28.5. The molecule has 4 aromatic rings. The molecule has 6 N–H and O–H groups in total. The maximum absolute atomic E-state index is 15.3. The normalized spacial score (nSPS) is 11.1. The highest BCUT2D eigenvalue weighted by Crippen LogP contribution is 2.35. The van der Waals surface area contributed by atoms with Crippen molar-refractivity contribution in [2.75, 3.05) is 19.0 Å². The fraction of sp³-hybridized carbons (Fsp3) is 0.200. The molecule has 0 spiro atoms. The quantitative estimate of drug-likeness (QED) is 0.156. The van der Waals surface area contributed by atoms with E-state index in [-0.39, 0.29) is 28.9 Å². The molecule has 0 aliphatic carbocycles. The van der Waals surface area contributed by atoms with Gasteiger partial charge in [0.1, 0.15) is 17.7 Å². The second-order valence-electron chi connectivity index (χ2n) is 7.82. The first-order valence-electron chi connectivity index (χ1n) is 11.5. The molecule has 0 aliphatic heterocycles. The van der Waals surface area contributed by atoms with Gasteiger partial charge < -0.3 is 25.6 Å². The number of amidine groups is 1. The van der Waals surface area contributed by atoms with Crippen LogP contribution < -0.4 is 26.2 Å². The number of rotatable bonds is 9. The summed E-state index contributed by atoms with van der Waals surface area (Å²) in [5.74, 6) is -0.775. The Kier molecular flexibility index (Phi) is 9.29. The molecule has 1 unspecified atom stereocenters. The number of nitrogens with two attached hydrogens (primary N) is 1. The number of anilines is 1. The number of carboxylic acid groups (broad SMARTS) is 1. The van der Waals surface area contributed by atoms with Crippen LogP contribution in [0.5, 0.6) is 11.5 Å². The van der Waals surface area contributed by atoms with E-state index < -0.39 is 23.5 Å². The number of nitrogen functional groups attached to an aromatic ring is 1. The van der Waals surface area contributed by atoms with E-state index in [1.165, 1.54) is 31.6 Å². The summed E-state index contributed by atoms with van der Waals surface area (Å²) in [4.78, 5) is 32.4. The minimum atomic E-state index is -0.944. The van der Waals surface area contributed by atoms with E-state index in [9.17, 15) is 4.79 Å². The smallest absolute Gasteiger partial charge is 0.350 e. The van der Waals surface area contributed by atoms with Gasteiger partial charge in [-0.2, -0.15) is 0 Å². The summed E-state index contributed by atoms with van der Waals surface area (Å²) in [5, 5.41) is 22.5. The van der Waals surface area contributed by atoms with Crippen molar-refractivity contribution in [2.24, 2.45) is 5.73 Å². The monoisotopic (exact) mass is 538 g/mol. The first kappa shape index (κ1) is 28.3. The average Bonchev–Trinajstić information content (AvgIpc) is 3.30. The first-order chi connectivity index (χ1) is 18.6. The molecule has 0 saturated carbocycles. The highest BCUT2D eigenvalue weighted by atomic mass is 19.1. The summed E-state index contributed by atoms with van der Waals surface area (Å²) < 4.78 is 27.2. The van der Waals surface area contributed by atoms with Crippen molar-refractivity contribution < 1.29 is 23.8 Å². The van der Waals surface area contributed by atoms with Crippen LogP contribution in [0.4, 0.5) is 10.1 Å². The van der Waals surface area contributed by atoms with Gasteiger partial charge in [0.25, 0.3) is 11.9 Å². The Morgan fingerprint density at radius 2 is 1.87 bits per heavy atom. The molecule has 0 saturated heterocycles. The topological polar surface area (TPSA) is 194 Å². The highest BCUT2D eigenvalue weighted by Gasteiger charge is 2.26. The second kappa shape index (κ2) is 12.8. The lowest BCUT2D eigenvalue weighted by molar-refractivity contribution is -0.134. The largest absolute Gasteiger partial charge is 0.493 e. The first-order valence-corrected chi connectivity index (χ1v) is 11.5. The van der Waals surface area contributed by atoms with Gasteiger partial charge in [-0.05, 0) is 43.3 Å². The Morgan fingerprint density at radius 3 is 2.44 bits per heavy atom. The van der Waals surface area contributed by atoms with Crippen LogP contribution in [0.2, 0.25) is 0 Å². The predicted octanol–water partition coefficient (Wildman–Crippen LogP) is 2.47. The van der Waals surface area contributed by atoms with Crippen molar-refractivity contribution in [3.05, 3.63) is 88.1 Å². The summed E-state index contributed by atoms with van der Waals surface area (Å²) in [5.41, 5.74) is 6.19. The van der Waals surface area contributed by atoms with E-state index in [4.69, 9.17) is 30.5 Å². The molecule has 0 aliphatic rings. The fourth-order valence-electron chi connectivity index (χ4n) is 3.41. The number of hydrogen-bond donors (Lipinski definition) is 5. The molecular formula is C25H27FN8O5. The number of ether oxygens (including phenoxy) is 2. The molecule has 14 heteroatoms. The Hall–Kier alpha value is -5.27. The van der Waals surface area contributed by atoms with E-state index in [0.29, 0.717) is 23.6 Å². The van der Waals surface area contributed by atoms with Gasteiger partial charge in [-0.1, -0.05) is 0 Å². The highest BCUT2D eigenvalue weighted by molar-refractivity contribution is 5.95. The van der Waals surface area contributed by atoms with Crippen LogP contribution in [0, 0.1) is 11.2 Å². The van der Waals surface area contributed by atoms with Crippen LogP contribution >= 0.6 is 0 Å². The molecule has 39 heavy (non-hydrogen) atoms. The molecule has 0 radical (unpaired) electrons. The number of aromatic nitrogens is 5. The van der Waals surface area contributed by atoms with Crippen molar-refractivity contribution >= 4 is 17.5 Å². The van der Waals surface area contributed by atoms with Gasteiger partial charge in [0.2, 0.25) is 0 Å². The number of aromatic amines is 1. The van der Waals surface area contributed by atoms with Gasteiger partial charge in [-0.25, -0.2) is 19.2 Å². The van der Waals surface area contributed by atoms with E-state index in [2.05, 4.69) is 25.4 Å². The number of methoxy groups -OCH3 is 1. The third-order valence-corrected chi connectivity index (χ3v) is 5.05. The lowest BCUT2D eigenvalue weighted by atomic mass is 10.0. The third kappa shape index (κ3) is 7.15. The Balaban J connectivity index is 0.000000983. The summed E-state index contributed by atoms with van der Waals surface area (Å²) >= 11 is 0. The number of nitrogens with one attached hydrogen (secondary N) is 3. The number of aliphatic carboxylic acids is 1. The number of carboxylic acids is 1. The van der Waals surface area contributed by atoms with E-state index in [1.54, 1.807) is 37.3 Å². The number of hydrogen-bond acceptors (Lipinski definition) is 9. The summed E-state index contributed by atoms with van der Waals surface area (Å²) in [6.45, 7) is 3.22. The van der Waals surface area contributed by atoms with E-state index in [0.717, 1.165) is 11.6 Å². The maximum atomic E-state index is 15.3. The fourth-order valence-corrected chi connectivity index (χ4v) is 3.41. The van der Waals surface area contributed by atoms with Crippen LogP contribution in [0.3, 0.4) is 0 Å². The van der Waals surface area contributed by atoms with E-state index in [1.807, 2.05) is 0 Å². The molecule has 2 aromatic carbocycles. The number of carbonyl (C=O) groups is 1.